The zero-order valence-electron chi connectivity index (χ0n) is 13.0. The fraction of sp³-hybridized carbons (Fsp3) is 0.471. The van der Waals surface area contributed by atoms with Gasteiger partial charge in [0.1, 0.15) is 5.82 Å². The van der Waals surface area contributed by atoms with Crippen molar-refractivity contribution >= 4 is 17.7 Å². The molecule has 1 aliphatic rings. The molecular weight excluding hydrogens is 310 g/mol. The van der Waals surface area contributed by atoms with Gasteiger partial charge in [-0.05, 0) is 18.4 Å². The van der Waals surface area contributed by atoms with Crippen LogP contribution in [0.25, 0.3) is 0 Å². The molecule has 1 heterocycles. The van der Waals surface area contributed by atoms with E-state index in [0.29, 0.717) is 17.6 Å². The molecule has 1 aromatic carbocycles. The first-order chi connectivity index (χ1) is 11.2. The predicted molar refractivity (Wildman–Crippen MR) is 89.8 cm³/mol. The molecule has 0 bridgehead atoms. The molecule has 23 heavy (non-hydrogen) atoms. The molecule has 0 aliphatic heterocycles. The van der Waals surface area contributed by atoms with Crippen LogP contribution in [0.4, 0.5) is 0 Å². The SMILES string of the molecule is O=C(O)CSc1nnc(C2CCCCC2)n1Cc1ccccc1. The maximum absolute atomic E-state index is 10.9. The molecule has 122 valence electrons. The third-order valence-corrected chi connectivity index (χ3v) is 5.18. The Kier molecular flexibility index (Phi) is 5.33. The van der Waals surface area contributed by atoms with E-state index < -0.39 is 5.97 Å². The van der Waals surface area contributed by atoms with E-state index in [1.807, 2.05) is 18.2 Å². The van der Waals surface area contributed by atoms with Crippen LogP contribution in [0.1, 0.15) is 49.4 Å². The van der Waals surface area contributed by atoms with Gasteiger partial charge in [0, 0.05) is 5.92 Å². The van der Waals surface area contributed by atoms with Crippen LogP contribution in [0.15, 0.2) is 35.5 Å². The number of benzene rings is 1. The zero-order valence-corrected chi connectivity index (χ0v) is 13.8. The van der Waals surface area contributed by atoms with E-state index in [0.717, 1.165) is 18.7 Å². The van der Waals surface area contributed by atoms with Crippen molar-refractivity contribution in [3.63, 3.8) is 0 Å². The van der Waals surface area contributed by atoms with Crippen LogP contribution in [-0.4, -0.2) is 31.6 Å². The smallest absolute Gasteiger partial charge is 0.313 e. The first-order valence-electron chi connectivity index (χ1n) is 8.05. The van der Waals surface area contributed by atoms with Crippen molar-refractivity contribution in [1.29, 1.82) is 0 Å². The highest BCUT2D eigenvalue weighted by atomic mass is 32.2. The van der Waals surface area contributed by atoms with Crippen molar-refractivity contribution in [3.8, 4) is 0 Å². The van der Waals surface area contributed by atoms with Crippen molar-refractivity contribution in [1.82, 2.24) is 14.8 Å². The number of aliphatic carboxylic acids is 1. The minimum atomic E-state index is -0.830. The van der Waals surface area contributed by atoms with Crippen LogP contribution < -0.4 is 0 Å². The summed E-state index contributed by atoms with van der Waals surface area (Å²) in [5.41, 5.74) is 1.18. The lowest BCUT2D eigenvalue weighted by molar-refractivity contribution is -0.133. The second-order valence-electron chi connectivity index (χ2n) is 5.93. The summed E-state index contributed by atoms with van der Waals surface area (Å²) < 4.78 is 2.11. The molecule has 0 spiro atoms. The maximum atomic E-state index is 10.9. The third kappa shape index (κ3) is 4.13. The van der Waals surface area contributed by atoms with Gasteiger partial charge in [0.05, 0.1) is 12.3 Å². The lowest BCUT2D eigenvalue weighted by Crippen LogP contribution is -2.14. The quantitative estimate of drug-likeness (QED) is 0.820. The van der Waals surface area contributed by atoms with E-state index in [1.54, 1.807) is 0 Å². The lowest BCUT2D eigenvalue weighted by Gasteiger charge is -2.22. The minimum Gasteiger partial charge on any atom is -0.481 e. The van der Waals surface area contributed by atoms with Gasteiger partial charge in [-0.25, -0.2) is 0 Å². The van der Waals surface area contributed by atoms with Crippen LogP contribution in [0.2, 0.25) is 0 Å². The molecule has 0 atom stereocenters. The Labute approximate surface area is 140 Å². The molecule has 5 nitrogen and oxygen atoms in total. The Bertz CT molecular complexity index is 651. The fourth-order valence-electron chi connectivity index (χ4n) is 3.11. The number of aromatic nitrogens is 3. The highest BCUT2D eigenvalue weighted by Gasteiger charge is 2.23. The van der Waals surface area contributed by atoms with E-state index in [4.69, 9.17) is 5.11 Å². The van der Waals surface area contributed by atoms with Crippen molar-refractivity contribution in [2.24, 2.45) is 0 Å². The first kappa shape index (κ1) is 16.1. The largest absolute Gasteiger partial charge is 0.481 e. The number of nitrogens with zero attached hydrogens (tertiary/aromatic N) is 3. The van der Waals surface area contributed by atoms with Crippen LogP contribution >= 0.6 is 11.8 Å². The second-order valence-corrected chi connectivity index (χ2v) is 6.87. The number of hydrogen-bond donors (Lipinski definition) is 1. The zero-order chi connectivity index (χ0) is 16.1. The van der Waals surface area contributed by atoms with Crippen molar-refractivity contribution in [2.45, 2.75) is 49.7 Å². The summed E-state index contributed by atoms with van der Waals surface area (Å²) in [6.07, 6.45) is 6.07. The normalized spacial score (nSPS) is 15.7. The van der Waals surface area contributed by atoms with Crippen molar-refractivity contribution < 1.29 is 9.90 Å². The number of hydrogen-bond acceptors (Lipinski definition) is 4. The topological polar surface area (TPSA) is 68.0 Å². The molecule has 0 radical (unpaired) electrons. The summed E-state index contributed by atoms with van der Waals surface area (Å²) in [6.45, 7) is 0.696. The van der Waals surface area contributed by atoms with Gasteiger partial charge in [0.15, 0.2) is 5.16 Å². The molecule has 3 rings (SSSR count). The molecule has 1 saturated carbocycles. The minimum absolute atomic E-state index is 0.0115. The summed E-state index contributed by atoms with van der Waals surface area (Å²) in [7, 11) is 0. The predicted octanol–water partition coefficient (Wildman–Crippen LogP) is 3.55. The highest BCUT2D eigenvalue weighted by Crippen LogP contribution is 2.33. The van der Waals surface area contributed by atoms with Gasteiger partial charge in [-0.2, -0.15) is 0 Å². The Balaban J connectivity index is 1.87. The Morgan fingerprint density at radius 2 is 1.91 bits per heavy atom. The van der Waals surface area contributed by atoms with Gasteiger partial charge in [0.2, 0.25) is 0 Å². The van der Waals surface area contributed by atoms with E-state index >= 15 is 0 Å². The molecule has 1 fully saturated rings. The second kappa shape index (κ2) is 7.64. The van der Waals surface area contributed by atoms with E-state index in [9.17, 15) is 4.79 Å². The Hall–Kier alpha value is -1.82. The summed E-state index contributed by atoms with van der Waals surface area (Å²) in [4.78, 5) is 10.9. The summed E-state index contributed by atoms with van der Waals surface area (Å²) in [5.74, 6) is 0.640. The first-order valence-corrected chi connectivity index (χ1v) is 9.04. The van der Waals surface area contributed by atoms with Crippen molar-refractivity contribution in [2.75, 3.05) is 5.75 Å². The van der Waals surface area contributed by atoms with Gasteiger partial charge in [-0.3, -0.25) is 4.79 Å². The standard InChI is InChI=1S/C17H21N3O2S/c21-15(22)12-23-17-19-18-16(14-9-5-2-6-10-14)20(17)11-13-7-3-1-4-8-13/h1,3-4,7-8,14H,2,5-6,9-12H2,(H,21,22). The van der Waals surface area contributed by atoms with Gasteiger partial charge in [-0.1, -0.05) is 61.4 Å². The third-order valence-electron chi connectivity index (χ3n) is 4.22. The average molecular weight is 331 g/mol. The van der Waals surface area contributed by atoms with Crippen LogP contribution in [0.5, 0.6) is 0 Å². The lowest BCUT2D eigenvalue weighted by atomic mass is 9.88. The van der Waals surface area contributed by atoms with E-state index in [1.165, 1.54) is 36.6 Å². The monoisotopic (exact) mass is 331 g/mol. The molecule has 6 heteroatoms. The van der Waals surface area contributed by atoms with E-state index in [-0.39, 0.29) is 5.75 Å². The summed E-state index contributed by atoms with van der Waals surface area (Å²) in [6, 6.07) is 10.2. The molecule has 0 amide bonds. The Morgan fingerprint density at radius 3 is 2.61 bits per heavy atom. The van der Waals surface area contributed by atoms with Crippen LogP contribution in [0.3, 0.4) is 0 Å². The molecule has 1 N–H and O–H groups in total. The molecule has 0 unspecified atom stereocenters. The number of thioether (sulfide) groups is 1. The molecule has 1 aliphatic carbocycles. The number of carbonyl (C=O) groups is 1. The molecule has 2 aromatic rings. The van der Waals surface area contributed by atoms with Gasteiger partial charge < -0.3 is 9.67 Å². The molecule has 1 aromatic heterocycles. The van der Waals surface area contributed by atoms with Crippen LogP contribution in [0, 0.1) is 0 Å². The summed E-state index contributed by atoms with van der Waals surface area (Å²) in [5, 5.41) is 18.3. The van der Waals surface area contributed by atoms with Crippen molar-refractivity contribution in [3.05, 3.63) is 41.7 Å². The Morgan fingerprint density at radius 1 is 1.17 bits per heavy atom. The number of rotatable bonds is 6. The van der Waals surface area contributed by atoms with Gasteiger partial charge in [0.25, 0.3) is 0 Å². The maximum Gasteiger partial charge on any atom is 0.313 e. The molecule has 0 saturated heterocycles. The van der Waals surface area contributed by atoms with Gasteiger partial charge in [-0.15, -0.1) is 10.2 Å². The average Bonchev–Trinajstić information content (AvgIpc) is 2.97. The molecular formula is C17H21N3O2S. The number of carboxylic acids is 1. The highest BCUT2D eigenvalue weighted by molar-refractivity contribution is 7.99. The van der Waals surface area contributed by atoms with Gasteiger partial charge >= 0.3 is 5.97 Å². The number of carboxylic acid groups (broad SMARTS) is 1. The van der Waals surface area contributed by atoms with Crippen LogP contribution in [-0.2, 0) is 11.3 Å². The summed E-state index contributed by atoms with van der Waals surface area (Å²) >= 11 is 1.25. The van der Waals surface area contributed by atoms with E-state index in [2.05, 4.69) is 26.9 Å². The fourth-order valence-corrected chi connectivity index (χ4v) is 3.78.